The minimum Gasteiger partial charge on any atom is -0.487 e. The number of hydrogen-bond acceptors (Lipinski definition) is 6. The molecule has 1 fully saturated rings. The summed E-state index contributed by atoms with van der Waals surface area (Å²) in [5.41, 5.74) is 3.37. The molecule has 0 spiro atoms. The molecule has 1 N–H and O–H groups in total. The fourth-order valence-corrected chi connectivity index (χ4v) is 4.59. The van der Waals surface area contributed by atoms with E-state index in [2.05, 4.69) is 35.1 Å². The number of para-hydroxylation sites is 1. The third-order valence-corrected chi connectivity index (χ3v) is 6.13. The van der Waals surface area contributed by atoms with Gasteiger partial charge >= 0.3 is 0 Å². The highest BCUT2D eigenvalue weighted by Crippen LogP contribution is 2.22. The zero-order valence-electron chi connectivity index (χ0n) is 18.7. The lowest BCUT2D eigenvalue weighted by Crippen LogP contribution is -2.44. The second-order valence-corrected chi connectivity index (χ2v) is 9.30. The van der Waals surface area contributed by atoms with Gasteiger partial charge in [0.2, 0.25) is 0 Å². The van der Waals surface area contributed by atoms with Crippen LogP contribution < -0.4 is 10.1 Å². The molecular weight excluding hydrogens is 422 g/mol. The van der Waals surface area contributed by atoms with Gasteiger partial charge in [-0.25, -0.2) is 4.98 Å². The first kappa shape index (κ1) is 22.5. The van der Waals surface area contributed by atoms with E-state index < -0.39 is 0 Å². The number of morpholine rings is 1. The summed E-state index contributed by atoms with van der Waals surface area (Å²) in [5.74, 6) is 0.490. The molecule has 2 atom stereocenters. The molecule has 0 saturated carbocycles. The Bertz CT molecular complexity index is 1060. The molecule has 1 amide bonds. The van der Waals surface area contributed by atoms with E-state index >= 15 is 0 Å². The van der Waals surface area contributed by atoms with Gasteiger partial charge in [0.25, 0.3) is 5.91 Å². The maximum Gasteiger partial charge on any atom is 0.255 e. The summed E-state index contributed by atoms with van der Waals surface area (Å²) >= 11 is 1.60. The van der Waals surface area contributed by atoms with Gasteiger partial charge in [-0.2, -0.15) is 0 Å². The smallest absolute Gasteiger partial charge is 0.255 e. The SMILES string of the molecule is Cc1nc(COc2cccc(C(=O)Nc3ccccc3CN3CC(C)OC(C)C3)c2)cs1. The summed E-state index contributed by atoms with van der Waals surface area (Å²) in [6.45, 7) is 9.08. The number of aryl methyl sites for hydroxylation is 1. The maximum absolute atomic E-state index is 13.0. The molecule has 1 saturated heterocycles. The Hall–Kier alpha value is -2.74. The number of aromatic nitrogens is 1. The van der Waals surface area contributed by atoms with E-state index in [1.165, 1.54) is 0 Å². The number of amides is 1. The minimum absolute atomic E-state index is 0.156. The van der Waals surface area contributed by atoms with Crippen LogP contribution in [0.4, 0.5) is 5.69 Å². The van der Waals surface area contributed by atoms with Crippen molar-refractivity contribution < 1.29 is 14.3 Å². The second-order valence-electron chi connectivity index (χ2n) is 8.24. The van der Waals surface area contributed by atoms with Crippen LogP contribution >= 0.6 is 11.3 Å². The molecule has 1 aliphatic rings. The number of carbonyl (C=O) groups is 1. The zero-order chi connectivity index (χ0) is 22.5. The molecule has 6 nitrogen and oxygen atoms in total. The number of carbonyl (C=O) groups excluding carboxylic acids is 1. The normalized spacial score (nSPS) is 19.0. The van der Waals surface area contributed by atoms with Crippen molar-refractivity contribution in [1.29, 1.82) is 0 Å². The number of thiazole rings is 1. The van der Waals surface area contributed by atoms with E-state index in [1.807, 2.05) is 42.6 Å². The number of anilines is 1. The van der Waals surface area contributed by atoms with E-state index in [9.17, 15) is 4.79 Å². The summed E-state index contributed by atoms with van der Waals surface area (Å²) in [6, 6.07) is 15.2. The fourth-order valence-electron chi connectivity index (χ4n) is 3.99. The number of rotatable bonds is 7. The summed E-state index contributed by atoms with van der Waals surface area (Å²) in [5, 5.41) is 6.08. The Morgan fingerprint density at radius 2 is 1.97 bits per heavy atom. The Morgan fingerprint density at radius 3 is 2.72 bits per heavy atom. The first-order chi connectivity index (χ1) is 15.5. The lowest BCUT2D eigenvalue weighted by atomic mass is 10.1. The summed E-state index contributed by atoms with van der Waals surface area (Å²) in [7, 11) is 0. The zero-order valence-corrected chi connectivity index (χ0v) is 19.5. The van der Waals surface area contributed by atoms with Crippen LogP contribution in [-0.2, 0) is 17.9 Å². The predicted octanol–water partition coefficient (Wildman–Crippen LogP) is 4.89. The number of ether oxygens (including phenoxy) is 2. The topological polar surface area (TPSA) is 63.7 Å². The van der Waals surface area contributed by atoms with Gasteiger partial charge in [0.05, 0.1) is 22.9 Å². The van der Waals surface area contributed by atoms with Crippen LogP contribution in [-0.4, -0.2) is 41.1 Å². The van der Waals surface area contributed by atoms with Gasteiger partial charge in [-0.15, -0.1) is 11.3 Å². The predicted molar refractivity (Wildman–Crippen MR) is 127 cm³/mol. The molecule has 3 aromatic rings. The molecule has 1 aromatic heterocycles. The average molecular weight is 452 g/mol. The van der Waals surface area contributed by atoms with Crippen LogP contribution in [0.3, 0.4) is 0 Å². The third-order valence-electron chi connectivity index (χ3n) is 5.30. The highest BCUT2D eigenvalue weighted by Gasteiger charge is 2.23. The second kappa shape index (κ2) is 10.3. The minimum atomic E-state index is -0.156. The monoisotopic (exact) mass is 451 g/mol. The number of nitrogens with one attached hydrogen (secondary N) is 1. The molecule has 2 aromatic carbocycles. The Balaban J connectivity index is 1.41. The van der Waals surface area contributed by atoms with E-state index in [0.717, 1.165) is 41.6 Å². The number of benzene rings is 2. The van der Waals surface area contributed by atoms with Gasteiger partial charge in [-0.05, 0) is 50.6 Å². The van der Waals surface area contributed by atoms with Gasteiger partial charge in [0.15, 0.2) is 0 Å². The Morgan fingerprint density at radius 1 is 1.19 bits per heavy atom. The van der Waals surface area contributed by atoms with Crippen LogP contribution in [0.25, 0.3) is 0 Å². The van der Waals surface area contributed by atoms with Gasteiger partial charge in [-0.3, -0.25) is 9.69 Å². The average Bonchev–Trinajstić information content (AvgIpc) is 3.18. The van der Waals surface area contributed by atoms with Crippen LogP contribution in [0.5, 0.6) is 5.75 Å². The lowest BCUT2D eigenvalue weighted by molar-refractivity contribution is -0.0704. The van der Waals surface area contributed by atoms with Crippen molar-refractivity contribution in [3.63, 3.8) is 0 Å². The summed E-state index contributed by atoms with van der Waals surface area (Å²) in [4.78, 5) is 19.8. The first-order valence-corrected chi connectivity index (χ1v) is 11.7. The molecule has 32 heavy (non-hydrogen) atoms. The standard InChI is InChI=1S/C25H29N3O3S/c1-17-12-28(13-18(2)31-17)14-21-7-4-5-10-24(21)27-25(29)20-8-6-9-23(11-20)30-15-22-16-32-19(3)26-22/h4-11,16-18H,12-15H2,1-3H3,(H,27,29). The molecule has 2 unspecified atom stereocenters. The van der Waals surface area contributed by atoms with Crippen molar-refractivity contribution in [2.24, 2.45) is 0 Å². The molecule has 2 heterocycles. The van der Waals surface area contributed by atoms with E-state index in [1.54, 1.807) is 23.5 Å². The van der Waals surface area contributed by atoms with E-state index in [4.69, 9.17) is 9.47 Å². The molecule has 0 aliphatic carbocycles. The number of nitrogens with zero attached hydrogens (tertiary/aromatic N) is 2. The molecule has 1 aliphatic heterocycles. The van der Waals surface area contributed by atoms with Gasteiger partial charge in [0, 0.05) is 36.3 Å². The molecule has 0 radical (unpaired) electrons. The quantitative estimate of drug-likeness (QED) is 0.554. The molecular formula is C25H29N3O3S. The highest BCUT2D eigenvalue weighted by atomic mass is 32.1. The van der Waals surface area contributed by atoms with Gasteiger partial charge in [0.1, 0.15) is 12.4 Å². The van der Waals surface area contributed by atoms with E-state index in [-0.39, 0.29) is 18.1 Å². The summed E-state index contributed by atoms with van der Waals surface area (Å²) < 4.78 is 11.7. The van der Waals surface area contributed by atoms with Crippen molar-refractivity contribution in [2.75, 3.05) is 18.4 Å². The highest BCUT2D eigenvalue weighted by molar-refractivity contribution is 7.09. The Kier molecular flexibility index (Phi) is 7.19. The van der Waals surface area contributed by atoms with Crippen molar-refractivity contribution in [2.45, 2.75) is 46.1 Å². The first-order valence-electron chi connectivity index (χ1n) is 10.9. The van der Waals surface area contributed by atoms with Gasteiger partial charge in [-0.1, -0.05) is 24.3 Å². The fraction of sp³-hybridized carbons (Fsp3) is 0.360. The van der Waals surface area contributed by atoms with Crippen LogP contribution in [0.1, 0.15) is 40.5 Å². The van der Waals surface area contributed by atoms with Crippen molar-refractivity contribution >= 4 is 22.9 Å². The van der Waals surface area contributed by atoms with Crippen molar-refractivity contribution in [3.05, 3.63) is 75.7 Å². The van der Waals surface area contributed by atoms with E-state index in [0.29, 0.717) is 17.9 Å². The van der Waals surface area contributed by atoms with Crippen molar-refractivity contribution in [1.82, 2.24) is 9.88 Å². The third kappa shape index (κ3) is 5.94. The molecule has 7 heteroatoms. The largest absolute Gasteiger partial charge is 0.487 e. The molecule has 0 bridgehead atoms. The summed E-state index contributed by atoms with van der Waals surface area (Å²) in [6.07, 6.45) is 0.410. The number of hydrogen-bond donors (Lipinski definition) is 1. The van der Waals surface area contributed by atoms with Crippen LogP contribution in [0, 0.1) is 6.92 Å². The van der Waals surface area contributed by atoms with Crippen LogP contribution in [0.15, 0.2) is 53.9 Å². The van der Waals surface area contributed by atoms with Crippen LogP contribution in [0.2, 0.25) is 0 Å². The Labute approximate surface area is 193 Å². The van der Waals surface area contributed by atoms with Gasteiger partial charge < -0.3 is 14.8 Å². The molecule has 4 rings (SSSR count). The van der Waals surface area contributed by atoms with Crippen molar-refractivity contribution in [3.8, 4) is 5.75 Å². The maximum atomic E-state index is 13.0. The lowest BCUT2D eigenvalue weighted by Gasteiger charge is -2.35. The molecule has 168 valence electrons.